The minimum atomic E-state index is -0.227. The van der Waals surface area contributed by atoms with Gasteiger partial charge in [-0.3, -0.25) is 4.79 Å². The van der Waals surface area contributed by atoms with Crippen molar-refractivity contribution in [3.63, 3.8) is 0 Å². The second-order valence-corrected chi connectivity index (χ2v) is 7.75. The summed E-state index contributed by atoms with van der Waals surface area (Å²) in [5.74, 6) is 0.431. The maximum Gasteiger partial charge on any atom is 0.257 e. The maximum absolute atomic E-state index is 13.2. The molecule has 0 aliphatic carbocycles. The number of rotatable bonds is 4. The third-order valence-electron chi connectivity index (χ3n) is 4.96. The Bertz CT molecular complexity index is 892. The lowest BCUT2D eigenvalue weighted by Gasteiger charge is -2.24. The number of amides is 1. The first kappa shape index (κ1) is 18.0. The fourth-order valence-corrected chi connectivity index (χ4v) is 4.24. The first-order valence-corrected chi connectivity index (χ1v) is 10.2. The molecule has 1 fully saturated rings. The molecule has 1 atom stereocenters. The lowest BCUT2D eigenvalue weighted by molar-refractivity contribution is -0.128. The Morgan fingerprint density at radius 3 is 2.81 bits per heavy atom. The molecule has 4 nitrogen and oxygen atoms in total. The molecule has 0 N–H and O–H groups in total. The zero-order valence-electron chi connectivity index (χ0n) is 14.9. The minimum absolute atomic E-state index is 0.0938. The van der Waals surface area contributed by atoms with E-state index in [1.54, 1.807) is 0 Å². The standard InChI is InChI=1S/C21H21FN2O2S/c22-17-10-8-15(9-11-17)16-5-3-4-12-24(13-16)20(25)14-27-21-23-18-6-1-2-7-19(18)26-21/h1-2,6-11,16H,3-5,12-14H2/t16-/m1/s1. The highest BCUT2D eigenvalue weighted by Crippen LogP contribution is 2.28. The quantitative estimate of drug-likeness (QED) is 0.603. The van der Waals surface area contributed by atoms with Crippen LogP contribution in [-0.2, 0) is 4.79 Å². The molecule has 4 rings (SSSR count). The Hall–Kier alpha value is -2.34. The van der Waals surface area contributed by atoms with Gasteiger partial charge in [0, 0.05) is 19.0 Å². The van der Waals surface area contributed by atoms with Crippen LogP contribution in [0, 0.1) is 5.82 Å². The Kier molecular flexibility index (Phi) is 5.43. The summed E-state index contributed by atoms with van der Waals surface area (Å²) >= 11 is 1.34. The van der Waals surface area contributed by atoms with E-state index in [4.69, 9.17) is 4.42 Å². The van der Waals surface area contributed by atoms with Gasteiger partial charge in [-0.2, -0.15) is 0 Å². The summed E-state index contributed by atoms with van der Waals surface area (Å²) < 4.78 is 18.9. The van der Waals surface area contributed by atoms with Crippen molar-refractivity contribution in [1.82, 2.24) is 9.88 Å². The summed E-state index contributed by atoms with van der Waals surface area (Å²) in [6.45, 7) is 1.45. The largest absolute Gasteiger partial charge is 0.431 e. The van der Waals surface area contributed by atoms with Crippen molar-refractivity contribution >= 4 is 28.8 Å². The Morgan fingerprint density at radius 1 is 1.19 bits per heavy atom. The topological polar surface area (TPSA) is 46.3 Å². The molecule has 1 amide bonds. The number of carbonyl (C=O) groups is 1. The molecule has 0 spiro atoms. The van der Waals surface area contributed by atoms with E-state index in [-0.39, 0.29) is 17.6 Å². The zero-order chi connectivity index (χ0) is 18.6. The van der Waals surface area contributed by atoms with Gasteiger partial charge in [-0.05, 0) is 42.7 Å². The lowest BCUT2D eigenvalue weighted by atomic mass is 9.94. The number of hydrogen-bond donors (Lipinski definition) is 0. The summed E-state index contributed by atoms with van der Waals surface area (Å²) in [4.78, 5) is 19.1. The predicted molar refractivity (Wildman–Crippen MR) is 104 cm³/mol. The van der Waals surface area contributed by atoms with Gasteiger partial charge in [-0.1, -0.05) is 42.4 Å². The van der Waals surface area contributed by atoms with Gasteiger partial charge in [0.25, 0.3) is 5.22 Å². The fraction of sp³-hybridized carbons (Fsp3) is 0.333. The molecule has 1 aliphatic rings. The summed E-state index contributed by atoms with van der Waals surface area (Å²) in [5.41, 5.74) is 2.64. The summed E-state index contributed by atoms with van der Waals surface area (Å²) in [6, 6.07) is 14.2. The smallest absolute Gasteiger partial charge is 0.257 e. The van der Waals surface area contributed by atoms with E-state index in [1.807, 2.05) is 41.3 Å². The highest BCUT2D eigenvalue weighted by atomic mass is 32.2. The molecular weight excluding hydrogens is 363 g/mol. The number of oxazole rings is 1. The normalized spacial score (nSPS) is 17.8. The van der Waals surface area contributed by atoms with Crippen LogP contribution in [0.2, 0.25) is 0 Å². The van der Waals surface area contributed by atoms with Crippen LogP contribution in [0.25, 0.3) is 11.1 Å². The van der Waals surface area contributed by atoms with E-state index in [2.05, 4.69) is 4.98 Å². The van der Waals surface area contributed by atoms with Crippen LogP contribution in [0.15, 0.2) is 58.2 Å². The van der Waals surface area contributed by atoms with Gasteiger partial charge >= 0.3 is 0 Å². The molecule has 1 aromatic heterocycles. The van der Waals surface area contributed by atoms with Crippen LogP contribution >= 0.6 is 11.8 Å². The van der Waals surface area contributed by atoms with Crippen LogP contribution in [0.3, 0.4) is 0 Å². The van der Waals surface area contributed by atoms with Crippen LogP contribution in [0.1, 0.15) is 30.7 Å². The van der Waals surface area contributed by atoms with Gasteiger partial charge in [-0.25, -0.2) is 9.37 Å². The molecule has 3 aromatic rings. The van der Waals surface area contributed by atoms with E-state index in [0.717, 1.165) is 42.5 Å². The summed E-state index contributed by atoms with van der Waals surface area (Å²) in [6.07, 6.45) is 3.09. The van der Waals surface area contributed by atoms with Crippen LogP contribution in [-0.4, -0.2) is 34.6 Å². The Balaban J connectivity index is 1.40. The van der Waals surface area contributed by atoms with Gasteiger partial charge in [0.1, 0.15) is 11.3 Å². The third-order valence-corrected chi connectivity index (χ3v) is 5.77. The molecule has 0 unspecified atom stereocenters. The van der Waals surface area contributed by atoms with Gasteiger partial charge in [-0.15, -0.1) is 0 Å². The van der Waals surface area contributed by atoms with Crippen molar-refractivity contribution < 1.29 is 13.6 Å². The van der Waals surface area contributed by atoms with E-state index < -0.39 is 0 Å². The highest BCUT2D eigenvalue weighted by Gasteiger charge is 2.23. The summed E-state index contributed by atoms with van der Waals surface area (Å²) in [7, 11) is 0. The van der Waals surface area contributed by atoms with Crippen molar-refractivity contribution in [2.75, 3.05) is 18.8 Å². The lowest BCUT2D eigenvalue weighted by Crippen LogP contribution is -2.35. The average Bonchev–Trinajstić information content (AvgIpc) is 2.94. The fourth-order valence-electron chi connectivity index (χ4n) is 3.50. The molecule has 2 aromatic carbocycles. The number of halogens is 1. The van der Waals surface area contributed by atoms with Gasteiger partial charge < -0.3 is 9.32 Å². The third kappa shape index (κ3) is 4.33. The molecule has 0 radical (unpaired) electrons. The van der Waals surface area contributed by atoms with Crippen molar-refractivity contribution in [3.05, 3.63) is 59.9 Å². The van der Waals surface area contributed by atoms with E-state index in [9.17, 15) is 9.18 Å². The van der Waals surface area contributed by atoms with Crippen LogP contribution < -0.4 is 0 Å². The molecule has 2 heterocycles. The van der Waals surface area contributed by atoms with E-state index >= 15 is 0 Å². The number of benzene rings is 2. The molecule has 27 heavy (non-hydrogen) atoms. The molecule has 1 saturated heterocycles. The molecule has 1 aliphatic heterocycles. The van der Waals surface area contributed by atoms with Gasteiger partial charge in [0.05, 0.1) is 5.75 Å². The number of carbonyl (C=O) groups excluding carboxylic acids is 1. The van der Waals surface area contributed by atoms with Crippen molar-refractivity contribution in [2.24, 2.45) is 0 Å². The monoisotopic (exact) mass is 384 g/mol. The van der Waals surface area contributed by atoms with E-state index in [1.165, 1.54) is 23.9 Å². The second kappa shape index (κ2) is 8.13. The van der Waals surface area contributed by atoms with Gasteiger partial charge in [0.2, 0.25) is 5.91 Å². The molecule has 0 saturated carbocycles. The molecule has 0 bridgehead atoms. The summed E-state index contributed by atoms with van der Waals surface area (Å²) in [5, 5.41) is 0.523. The molecule has 140 valence electrons. The number of nitrogens with zero attached hydrogens (tertiary/aromatic N) is 2. The van der Waals surface area contributed by atoms with Crippen molar-refractivity contribution in [2.45, 2.75) is 30.4 Å². The van der Waals surface area contributed by atoms with Crippen LogP contribution in [0.4, 0.5) is 4.39 Å². The maximum atomic E-state index is 13.2. The van der Waals surface area contributed by atoms with Crippen molar-refractivity contribution in [1.29, 1.82) is 0 Å². The van der Waals surface area contributed by atoms with E-state index in [0.29, 0.717) is 17.5 Å². The number of hydrogen-bond acceptors (Lipinski definition) is 4. The predicted octanol–water partition coefficient (Wildman–Crippen LogP) is 4.86. The zero-order valence-corrected chi connectivity index (χ0v) is 15.8. The second-order valence-electron chi connectivity index (χ2n) is 6.82. The SMILES string of the molecule is O=C(CSc1nc2ccccc2o1)N1CCCC[C@@H](c2ccc(F)cc2)C1. The Labute approximate surface area is 161 Å². The number of aromatic nitrogens is 1. The number of likely N-dealkylation sites (tertiary alicyclic amines) is 1. The Morgan fingerprint density at radius 2 is 2.00 bits per heavy atom. The minimum Gasteiger partial charge on any atom is -0.431 e. The van der Waals surface area contributed by atoms with Crippen molar-refractivity contribution in [3.8, 4) is 0 Å². The molecule has 6 heteroatoms. The molecular formula is C21H21FN2O2S. The average molecular weight is 384 g/mol. The number of para-hydroxylation sites is 2. The first-order valence-electron chi connectivity index (χ1n) is 9.20. The highest BCUT2D eigenvalue weighted by molar-refractivity contribution is 7.99. The number of fused-ring (bicyclic) bond motifs is 1. The first-order chi connectivity index (χ1) is 13.2. The number of thioether (sulfide) groups is 1. The van der Waals surface area contributed by atoms with Gasteiger partial charge in [0.15, 0.2) is 5.58 Å². The van der Waals surface area contributed by atoms with Crippen LogP contribution in [0.5, 0.6) is 0 Å².